The summed E-state index contributed by atoms with van der Waals surface area (Å²) in [7, 11) is -1.90. The largest absolute Gasteiger partial charge is 0.385 e. The van der Waals surface area contributed by atoms with Gasteiger partial charge in [0.15, 0.2) is 5.03 Å². The highest BCUT2D eigenvalue weighted by molar-refractivity contribution is 7.89. The van der Waals surface area contributed by atoms with Gasteiger partial charge in [-0.1, -0.05) is 0 Å². The van der Waals surface area contributed by atoms with E-state index in [1.54, 1.807) is 19.2 Å². The molecule has 0 aliphatic carbocycles. The molecule has 7 heteroatoms. The van der Waals surface area contributed by atoms with Gasteiger partial charge in [0.1, 0.15) is 0 Å². The van der Waals surface area contributed by atoms with Gasteiger partial charge in [-0.15, -0.1) is 0 Å². The van der Waals surface area contributed by atoms with Crippen LogP contribution in [0.1, 0.15) is 26.2 Å². The third kappa shape index (κ3) is 5.44. The van der Waals surface area contributed by atoms with Crippen LogP contribution in [0, 0.1) is 0 Å². The van der Waals surface area contributed by atoms with E-state index in [-0.39, 0.29) is 5.03 Å². The summed E-state index contributed by atoms with van der Waals surface area (Å²) >= 11 is 0. The van der Waals surface area contributed by atoms with Crippen LogP contribution in [0.25, 0.3) is 0 Å². The molecule has 1 aromatic heterocycles. The van der Waals surface area contributed by atoms with Crippen LogP contribution < -0.4 is 10.0 Å². The van der Waals surface area contributed by atoms with Gasteiger partial charge >= 0.3 is 0 Å². The maximum Gasteiger partial charge on any atom is 0.260 e. The van der Waals surface area contributed by atoms with Crippen molar-refractivity contribution in [3.63, 3.8) is 0 Å². The minimum atomic E-state index is -3.56. The van der Waals surface area contributed by atoms with Gasteiger partial charge in [-0.2, -0.15) is 0 Å². The quantitative estimate of drug-likeness (QED) is 0.642. The number of unbranched alkanes of at least 4 members (excludes halogenated alkanes) is 2. The monoisotopic (exact) mass is 301 g/mol. The highest BCUT2D eigenvalue weighted by Gasteiger charge is 2.18. The normalized spacial score (nSPS) is 11.5. The zero-order valence-electron chi connectivity index (χ0n) is 12.1. The second-order valence-electron chi connectivity index (χ2n) is 4.34. The third-order valence-electron chi connectivity index (χ3n) is 2.71. The van der Waals surface area contributed by atoms with Gasteiger partial charge in [0.2, 0.25) is 0 Å². The van der Waals surface area contributed by atoms with Crippen LogP contribution in [0.15, 0.2) is 23.4 Å². The van der Waals surface area contributed by atoms with E-state index in [1.165, 1.54) is 6.20 Å². The van der Waals surface area contributed by atoms with E-state index in [0.29, 0.717) is 25.4 Å². The number of nitrogens with one attached hydrogen (secondary N) is 2. The Kier molecular flexibility index (Phi) is 7.50. The van der Waals surface area contributed by atoms with Gasteiger partial charge in [0.25, 0.3) is 10.0 Å². The van der Waals surface area contributed by atoms with E-state index in [9.17, 15) is 8.42 Å². The number of ether oxygens (including phenoxy) is 1. The molecule has 0 spiro atoms. The number of anilines is 1. The molecule has 0 bridgehead atoms. The molecule has 1 heterocycles. The van der Waals surface area contributed by atoms with Crippen LogP contribution in [0.3, 0.4) is 0 Å². The van der Waals surface area contributed by atoms with Crippen molar-refractivity contribution in [2.45, 2.75) is 31.2 Å². The Bertz CT molecular complexity index is 491. The molecule has 0 fully saturated rings. The maximum atomic E-state index is 12.2. The van der Waals surface area contributed by atoms with Crippen LogP contribution in [-0.2, 0) is 14.8 Å². The van der Waals surface area contributed by atoms with Crippen molar-refractivity contribution >= 4 is 15.7 Å². The second kappa shape index (κ2) is 8.89. The fourth-order valence-corrected chi connectivity index (χ4v) is 2.93. The molecule has 20 heavy (non-hydrogen) atoms. The lowest BCUT2D eigenvalue weighted by molar-refractivity contribution is 0.192. The molecule has 1 aromatic rings. The van der Waals surface area contributed by atoms with E-state index in [2.05, 4.69) is 15.0 Å². The first-order valence-corrected chi connectivity index (χ1v) is 8.27. The molecule has 0 aliphatic heterocycles. The molecule has 114 valence electrons. The Hall–Kier alpha value is -1.18. The SMILES string of the molecule is CCNc1cccnc1S(=O)(=O)NCCCCCOC. The highest BCUT2D eigenvalue weighted by Crippen LogP contribution is 2.17. The number of hydrogen-bond acceptors (Lipinski definition) is 5. The van der Waals surface area contributed by atoms with Crippen molar-refractivity contribution in [3.8, 4) is 0 Å². The lowest BCUT2D eigenvalue weighted by Gasteiger charge is -2.11. The van der Waals surface area contributed by atoms with E-state index in [1.807, 2.05) is 6.92 Å². The van der Waals surface area contributed by atoms with Gasteiger partial charge in [0.05, 0.1) is 5.69 Å². The minimum absolute atomic E-state index is 0.0544. The van der Waals surface area contributed by atoms with Gasteiger partial charge in [-0.25, -0.2) is 18.1 Å². The predicted octanol–water partition coefficient (Wildman–Crippen LogP) is 1.61. The molecule has 0 amide bonds. The molecule has 6 nitrogen and oxygen atoms in total. The van der Waals surface area contributed by atoms with Gasteiger partial charge in [0, 0.05) is 33.0 Å². The molecule has 0 radical (unpaired) electrons. The van der Waals surface area contributed by atoms with Crippen LogP contribution >= 0.6 is 0 Å². The summed E-state index contributed by atoms with van der Waals surface area (Å²) < 4.78 is 31.9. The summed E-state index contributed by atoms with van der Waals surface area (Å²) in [6.45, 7) is 3.67. The zero-order chi connectivity index (χ0) is 14.8. The number of nitrogens with zero attached hydrogens (tertiary/aromatic N) is 1. The lowest BCUT2D eigenvalue weighted by atomic mass is 10.2. The van der Waals surface area contributed by atoms with Gasteiger partial charge in [-0.05, 0) is 38.3 Å². The van der Waals surface area contributed by atoms with Crippen molar-refractivity contribution in [2.24, 2.45) is 0 Å². The number of pyridine rings is 1. The summed E-state index contributed by atoms with van der Waals surface area (Å²) in [5.41, 5.74) is 0.530. The summed E-state index contributed by atoms with van der Waals surface area (Å²) in [5, 5.41) is 3.06. The van der Waals surface area contributed by atoms with Crippen molar-refractivity contribution < 1.29 is 13.2 Å². The summed E-state index contributed by atoms with van der Waals surface area (Å²) in [6.07, 6.45) is 4.13. The van der Waals surface area contributed by atoms with E-state index >= 15 is 0 Å². The Morgan fingerprint density at radius 1 is 1.30 bits per heavy atom. The Morgan fingerprint density at radius 2 is 2.10 bits per heavy atom. The molecule has 0 saturated carbocycles. The molecular formula is C13H23N3O3S. The molecular weight excluding hydrogens is 278 g/mol. The van der Waals surface area contributed by atoms with Crippen LogP contribution in [0.5, 0.6) is 0 Å². The number of sulfonamides is 1. The summed E-state index contributed by atoms with van der Waals surface area (Å²) in [4.78, 5) is 3.96. The zero-order valence-corrected chi connectivity index (χ0v) is 12.9. The topological polar surface area (TPSA) is 80.3 Å². The van der Waals surface area contributed by atoms with Crippen LogP contribution in [0.2, 0.25) is 0 Å². The lowest BCUT2D eigenvalue weighted by Crippen LogP contribution is -2.26. The number of hydrogen-bond donors (Lipinski definition) is 2. The highest BCUT2D eigenvalue weighted by atomic mass is 32.2. The number of methoxy groups -OCH3 is 1. The van der Waals surface area contributed by atoms with Gasteiger partial charge < -0.3 is 10.1 Å². The van der Waals surface area contributed by atoms with Crippen molar-refractivity contribution in [3.05, 3.63) is 18.3 Å². The molecule has 0 atom stereocenters. The maximum absolute atomic E-state index is 12.2. The Morgan fingerprint density at radius 3 is 2.80 bits per heavy atom. The van der Waals surface area contributed by atoms with Gasteiger partial charge in [-0.3, -0.25) is 0 Å². The smallest absolute Gasteiger partial charge is 0.260 e. The Balaban J connectivity index is 2.56. The average molecular weight is 301 g/mol. The average Bonchev–Trinajstić information content (AvgIpc) is 2.43. The minimum Gasteiger partial charge on any atom is -0.385 e. The third-order valence-corrected chi connectivity index (χ3v) is 4.13. The molecule has 2 N–H and O–H groups in total. The molecule has 0 saturated heterocycles. The van der Waals surface area contributed by atoms with Crippen molar-refractivity contribution in [1.82, 2.24) is 9.71 Å². The summed E-state index contributed by atoms with van der Waals surface area (Å²) in [5.74, 6) is 0. The molecule has 1 rings (SSSR count). The first-order chi connectivity index (χ1) is 9.61. The number of aromatic nitrogens is 1. The van der Waals surface area contributed by atoms with Crippen molar-refractivity contribution in [2.75, 3.05) is 32.1 Å². The second-order valence-corrected chi connectivity index (χ2v) is 6.02. The first kappa shape index (κ1) is 16.9. The Labute approximate surface area is 121 Å². The van der Waals surface area contributed by atoms with E-state index in [0.717, 1.165) is 19.3 Å². The van der Waals surface area contributed by atoms with Crippen molar-refractivity contribution in [1.29, 1.82) is 0 Å². The number of rotatable bonds is 10. The predicted molar refractivity (Wildman–Crippen MR) is 79.3 cm³/mol. The molecule has 0 aromatic carbocycles. The molecule has 0 aliphatic rings. The molecule has 0 unspecified atom stereocenters. The fourth-order valence-electron chi connectivity index (χ4n) is 1.75. The van der Waals surface area contributed by atoms with E-state index < -0.39 is 10.0 Å². The van der Waals surface area contributed by atoms with Crippen LogP contribution in [0.4, 0.5) is 5.69 Å². The standard InChI is InChI=1S/C13H23N3O3S/c1-3-14-12-8-7-9-15-13(12)20(17,18)16-10-5-4-6-11-19-2/h7-9,14,16H,3-6,10-11H2,1-2H3. The fraction of sp³-hybridized carbons (Fsp3) is 0.615. The summed E-state index contributed by atoms with van der Waals surface area (Å²) in [6, 6.07) is 3.42. The van der Waals surface area contributed by atoms with E-state index in [4.69, 9.17) is 4.74 Å². The van der Waals surface area contributed by atoms with Crippen LogP contribution in [-0.4, -0.2) is 40.2 Å². The first-order valence-electron chi connectivity index (χ1n) is 6.79.